The molecule has 0 saturated carbocycles. The van der Waals surface area contributed by atoms with Crippen molar-refractivity contribution in [2.75, 3.05) is 10.6 Å². The number of hydrogen-bond donors (Lipinski definition) is 3. The molecule has 1 aliphatic rings. The second kappa shape index (κ2) is 11.5. The molecule has 0 unspecified atom stereocenters. The number of benzene rings is 3. The molecule has 1 heterocycles. The number of aromatic hydroxyl groups is 1. The molecule has 3 N–H and O–H groups in total. The Hall–Kier alpha value is -3.25. The Morgan fingerprint density at radius 2 is 1.46 bits per heavy atom. The third-order valence-electron chi connectivity index (χ3n) is 7.02. The minimum absolute atomic E-state index is 0.0395. The maximum atomic E-state index is 12.8. The fraction of sp³-hybridized carbons (Fsp3) is 0.394. The van der Waals surface area contributed by atoms with E-state index in [2.05, 4.69) is 64.3 Å². The van der Waals surface area contributed by atoms with Crippen LogP contribution in [0.15, 0.2) is 59.5 Å². The second-order valence-electron chi connectivity index (χ2n) is 12.4. The van der Waals surface area contributed by atoms with Crippen LogP contribution >= 0.6 is 11.8 Å². The van der Waals surface area contributed by atoms with Gasteiger partial charge in [-0.1, -0.05) is 71.5 Å². The van der Waals surface area contributed by atoms with Crippen molar-refractivity contribution in [1.82, 2.24) is 0 Å². The molecule has 0 saturated heterocycles. The molecule has 0 spiro atoms. The van der Waals surface area contributed by atoms with Crippen LogP contribution in [0.1, 0.15) is 89.5 Å². The van der Waals surface area contributed by atoms with Gasteiger partial charge in [-0.05, 0) is 71.2 Å². The number of anilines is 3. The highest BCUT2D eigenvalue weighted by atomic mass is 32.2. The molecule has 4 rings (SSSR count). The van der Waals surface area contributed by atoms with Gasteiger partial charge in [-0.15, -0.1) is 0 Å². The maximum Gasteiger partial charge on any atom is 0.224 e. The van der Waals surface area contributed by atoms with E-state index in [9.17, 15) is 14.7 Å². The number of hydrogen-bond acceptors (Lipinski definition) is 5. The molecule has 0 radical (unpaired) electrons. The molecular weight excluding hydrogens is 504 g/mol. The van der Waals surface area contributed by atoms with Gasteiger partial charge >= 0.3 is 0 Å². The first-order valence-electron chi connectivity index (χ1n) is 13.7. The highest BCUT2D eigenvalue weighted by Gasteiger charge is 2.27. The largest absolute Gasteiger partial charge is 0.507 e. The number of rotatable bonds is 7. The van der Waals surface area contributed by atoms with Gasteiger partial charge in [0, 0.05) is 52.3 Å². The number of thioether (sulfide) groups is 1. The molecule has 0 bridgehead atoms. The zero-order valence-electron chi connectivity index (χ0n) is 23.9. The summed E-state index contributed by atoms with van der Waals surface area (Å²) in [6, 6.07) is 18.1. The zero-order valence-corrected chi connectivity index (χ0v) is 24.7. The Kier molecular flexibility index (Phi) is 8.45. The number of fused-ring (bicyclic) bond motifs is 2. The lowest BCUT2D eigenvalue weighted by molar-refractivity contribution is -0.116. The van der Waals surface area contributed by atoms with Gasteiger partial charge in [-0.2, -0.15) is 0 Å². The van der Waals surface area contributed by atoms with Crippen LogP contribution in [0.25, 0.3) is 0 Å². The Bertz CT molecular complexity index is 1350. The summed E-state index contributed by atoms with van der Waals surface area (Å²) in [5.74, 6) is 0.278. The van der Waals surface area contributed by atoms with Gasteiger partial charge in [-0.25, -0.2) is 0 Å². The third kappa shape index (κ3) is 7.24. The minimum Gasteiger partial charge on any atom is -0.507 e. The maximum absolute atomic E-state index is 12.8. The molecule has 0 fully saturated rings. The fourth-order valence-corrected chi connectivity index (χ4v) is 5.72. The summed E-state index contributed by atoms with van der Waals surface area (Å²) in [7, 11) is 0. The summed E-state index contributed by atoms with van der Waals surface area (Å²) >= 11 is 1.23. The van der Waals surface area contributed by atoms with Gasteiger partial charge in [0.05, 0.1) is 0 Å². The second-order valence-corrected chi connectivity index (χ2v) is 13.6. The molecule has 5 nitrogen and oxygen atoms in total. The predicted octanol–water partition coefficient (Wildman–Crippen LogP) is 8.45. The van der Waals surface area contributed by atoms with E-state index >= 15 is 0 Å². The van der Waals surface area contributed by atoms with Crippen LogP contribution in [-0.4, -0.2) is 16.1 Å². The van der Waals surface area contributed by atoms with Crippen LogP contribution in [0.4, 0.5) is 17.1 Å². The van der Waals surface area contributed by atoms with Crippen LogP contribution < -0.4 is 10.6 Å². The van der Waals surface area contributed by atoms with Crippen molar-refractivity contribution in [3.8, 4) is 5.75 Å². The normalized spacial score (nSPS) is 12.8. The van der Waals surface area contributed by atoms with Crippen molar-refractivity contribution in [2.24, 2.45) is 0 Å². The van der Waals surface area contributed by atoms with E-state index in [0.29, 0.717) is 31.4 Å². The smallest absolute Gasteiger partial charge is 0.224 e. The highest BCUT2D eigenvalue weighted by molar-refractivity contribution is 8.13. The first kappa shape index (κ1) is 28.8. The van der Waals surface area contributed by atoms with Gasteiger partial charge < -0.3 is 15.7 Å². The Morgan fingerprint density at radius 3 is 2.13 bits per heavy atom. The van der Waals surface area contributed by atoms with Crippen molar-refractivity contribution >= 4 is 39.8 Å². The van der Waals surface area contributed by atoms with E-state index in [1.165, 1.54) is 17.3 Å². The molecule has 206 valence electrons. The van der Waals surface area contributed by atoms with Crippen molar-refractivity contribution < 1.29 is 14.7 Å². The SMILES string of the molecule is CC(C)(C)c1cc(SC(=O)CCCCC(=O)Nc2ccc3c(c2)Cc2ccccc2N3)cc(C(C)(C)C)c1O. The number of phenolic OH excluding ortho intramolecular Hbond substituents is 1. The first-order valence-corrected chi connectivity index (χ1v) is 14.5. The lowest BCUT2D eigenvalue weighted by atomic mass is 9.79. The molecule has 6 heteroatoms. The summed E-state index contributed by atoms with van der Waals surface area (Å²) < 4.78 is 0. The predicted molar refractivity (Wildman–Crippen MR) is 162 cm³/mol. The van der Waals surface area contributed by atoms with E-state index in [-0.39, 0.29) is 21.9 Å². The standard InChI is InChI=1S/C33H40N2O3S/c1-32(2,3)25-19-24(20-26(31(25)38)33(4,5)6)39-30(37)14-10-9-13-29(36)34-23-15-16-28-22(18-23)17-21-11-7-8-12-27(21)35-28/h7-8,11-12,15-16,18-20,35,38H,9-10,13-14,17H2,1-6H3,(H,34,36). The topological polar surface area (TPSA) is 78.4 Å². The van der Waals surface area contributed by atoms with Gasteiger partial charge in [0.15, 0.2) is 5.12 Å². The van der Waals surface area contributed by atoms with Gasteiger partial charge in [0.1, 0.15) is 5.75 Å². The van der Waals surface area contributed by atoms with Gasteiger partial charge in [0.25, 0.3) is 0 Å². The minimum atomic E-state index is -0.240. The van der Waals surface area contributed by atoms with Crippen molar-refractivity contribution in [2.45, 2.75) is 89.4 Å². The molecule has 3 aromatic carbocycles. The molecule has 0 aromatic heterocycles. The van der Waals surface area contributed by atoms with Crippen LogP contribution in [0, 0.1) is 0 Å². The number of para-hydroxylation sites is 1. The summed E-state index contributed by atoms with van der Waals surface area (Å²) in [4.78, 5) is 26.2. The molecule has 0 aliphatic carbocycles. The lowest BCUT2D eigenvalue weighted by Crippen LogP contribution is -2.17. The molecular formula is C33H40N2O3S. The van der Waals surface area contributed by atoms with Gasteiger partial charge in [0.2, 0.25) is 5.91 Å². The summed E-state index contributed by atoms with van der Waals surface area (Å²) in [5, 5.41) is 17.4. The van der Waals surface area contributed by atoms with Crippen molar-refractivity contribution in [3.05, 3.63) is 76.9 Å². The van der Waals surface area contributed by atoms with Crippen LogP contribution in [0.5, 0.6) is 5.75 Å². The average molecular weight is 545 g/mol. The van der Waals surface area contributed by atoms with Crippen LogP contribution in [0.3, 0.4) is 0 Å². The Balaban J connectivity index is 1.27. The Labute approximate surface area is 236 Å². The molecule has 0 atom stereocenters. The van der Waals surface area contributed by atoms with Crippen molar-refractivity contribution in [1.29, 1.82) is 0 Å². The monoisotopic (exact) mass is 544 g/mol. The van der Waals surface area contributed by atoms with E-state index in [0.717, 1.165) is 45.1 Å². The van der Waals surface area contributed by atoms with Crippen LogP contribution in [0.2, 0.25) is 0 Å². The molecule has 1 aliphatic heterocycles. The van der Waals surface area contributed by atoms with E-state index < -0.39 is 0 Å². The number of amides is 1. The van der Waals surface area contributed by atoms with Gasteiger partial charge in [-0.3, -0.25) is 9.59 Å². The Morgan fingerprint density at radius 1 is 0.846 bits per heavy atom. The van der Waals surface area contributed by atoms with Crippen molar-refractivity contribution in [3.63, 3.8) is 0 Å². The highest BCUT2D eigenvalue weighted by Crippen LogP contribution is 2.42. The average Bonchev–Trinajstić information content (AvgIpc) is 2.85. The number of unbranched alkanes of at least 4 members (excludes halogenated alkanes) is 1. The third-order valence-corrected chi connectivity index (χ3v) is 7.93. The van der Waals surface area contributed by atoms with E-state index in [1.807, 2.05) is 42.5 Å². The summed E-state index contributed by atoms with van der Waals surface area (Å²) in [6.07, 6.45) is 2.90. The summed E-state index contributed by atoms with van der Waals surface area (Å²) in [5.41, 5.74) is 6.62. The lowest BCUT2D eigenvalue weighted by Gasteiger charge is -2.28. The molecule has 3 aromatic rings. The number of carbonyl (C=O) groups excluding carboxylic acids is 2. The van der Waals surface area contributed by atoms with E-state index in [4.69, 9.17) is 0 Å². The quantitative estimate of drug-likeness (QED) is 0.161. The molecule has 1 amide bonds. The number of nitrogens with one attached hydrogen (secondary N) is 2. The number of phenols is 1. The van der Waals surface area contributed by atoms with Crippen LogP contribution in [-0.2, 0) is 26.8 Å². The summed E-state index contributed by atoms with van der Waals surface area (Å²) in [6.45, 7) is 12.4. The fourth-order valence-electron chi connectivity index (χ4n) is 4.86. The first-order chi connectivity index (χ1) is 18.3. The number of carbonyl (C=O) groups is 2. The van der Waals surface area contributed by atoms with E-state index in [1.54, 1.807) is 0 Å². The zero-order chi connectivity index (χ0) is 28.4. The molecule has 39 heavy (non-hydrogen) atoms.